The molecule has 1 rings (SSSR count). The zero-order valence-electron chi connectivity index (χ0n) is 6.64. The van der Waals surface area contributed by atoms with Crippen molar-refractivity contribution >= 4 is 0 Å². The average Bonchev–Trinajstić information content (AvgIpc) is 1.97. The average molecular weight is 150 g/mol. The Bertz CT molecular complexity index is 206. The zero-order valence-corrected chi connectivity index (χ0v) is 6.64. The molecule has 2 nitrogen and oxygen atoms in total. The second kappa shape index (κ2) is 2.64. The Morgan fingerprint density at radius 1 is 1.00 bits per heavy atom. The minimum atomic E-state index is -0.143. The standard InChI is InChI=1S/C9H14N2/c1-5-4-6(2)9(11)7(3)8(5)10/h8-9H,1-4,10-11H2. The normalized spacial score (nSPS) is 32.7. The molecule has 0 spiro atoms. The zero-order chi connectivity index (χ0) is 8.59. The Labute approximate surface area is 67.3 Å². The molecule has 1 aliphatic rings. The molecule has 0 aromatic heterocycles. The highest BCUT2D eigenvalue weighted by Crippen LogP contribution is 2.26. The molecule has 0 bridgehead atoms. The molecule has 0 radical (unpaired) electrons. The van der Waals surface area contributed by atoms with Crippen LogP contribution >= 0.6 is 0 Å². The minimum absolute atomic E-state index is 0.143. The van der Waals surface area contributed by atoms with Crippen LogP contribution in [0.5, 0.6) is 0 Å². The van der Waals surface area contributed by atoms with Gasteiger partial charge in [-0.15, -0.1) is 0 Å². The summed E-state index contributed by atoms with van der Waals surface area (Å²) in [5.41, 5.74) is 14.3. The molecule has 2 unspecified atom stereocenters. The van der Waals surface area contributed by atoms with E-state index in [1.54, 1.807) is 0 Å². The SMILES string of the molecule is C=C1CC(=C)C(N)C(=C)C1N. The first-order valence-corrected chi connectivity index (χ1v) is 3.59. The smallest absolute Gasteiger partial charge is 0.0486 e. The molecule has 0 heterocycles. The topological polar surface area (TPSA) is 52.0 Å². The molecular formula is C9H14N2. The van der Waals surface area contributed by atoms with Crippen LogP contribution in [0.2, 0.25) is 0 Å². The van der Waals surface area contributed by atoms with Crippen molar-refractivity contribution in [3.05, 3.63) is 36.5 Å². The molecule has 0 aliphatic heterocycles. The van der Waals surface area contributed by atoms with Crippen molar-refractivity contribution < 1.29 is 0 Å². The van der Waals surface area contributed by atoms with Crippen LogP contribution in [0.25, 0.3) is 0 Å². The Balaban J connectivity index is 2.87. The maximum Gasteiger partial charge on any atom is 0.0486 e. The van der Waals surface area contributed by atoms with Gasteiger partial charge in [0.25, 0.3) is 0 Å². The molecule has 60 valence electrons. The van der Waals surface area contributed by atoms with Crippen molar-refractivity contribution in [2.24, 2.45) is 11.5 Å². The van der Waals surface area contributed by atoms with Gasteiger partial charge in [-0.1, -0.05) is 30.9 Å². The van der Waals surface area contributed by atoms with Gasteiger partial charge in [-0.3, -0.25) is 0 Å². The Morgan fingerprint density at radius 3 is 1.73 bits per heavy atom. The van der Waals surface area contributed by atoms with E-state index in [4.69, 9.17) is 11.5 Å². The van der Waals surface area contributed by atoms with Gasteiger partial charge in [0, 0.05) is 12.1 Å². The van der Waals surface area contributed by atoms with Crippen LogP contribution in [0.1, 0.15) is 6.42 Å². The van der Waals surface area contributed by atoms with Gasteiger partial charge >= 0.3 is 0 Å². The van der Waals surface area contributed by atoms with Crippen molar-refractivity contribution in [3.8, 4) is 0 Å². The van der Waals surface area contributed by atoms with E-state index < -0.39 is 0 Å². The summed E-state index contributed by atoms with van der Waals surface area (Å²) in [7, 11) is 0. The summed E-state index contributed by atoms with van der Waals surface area (Å²) in [6.07, 6.45) is 0.737. The fourth-order valence-corrected chi connectivity index (χ4v) is 1.23. The van der Waals surface area contributed by atoms with Gasteiger partial charge in [-0.2, -0.15) is 0 Å². The molecule has 1 aliphatic carbocycles. The van der Waals surface area contributed by atoms with Crippen molar-refractivity contribution in [2.75, 3.05) is 0 Å². The maximum atomic E-state index is 5.75. The Hall–Kier alpha value is -0.860. The van der Waals surface area contributed by atoms with Crippen LogP contribution in [0, 0.1) is 0 Å². The van der Waals surface area contributed by atoms with Crippen molar-refractivity contribution in [1.82, 2.24) is 0 Å². The monoisotopic (exact) mass is 150 g/mol. The lowest BCUT2D eigenvalue weighted by Gasteiger charge is -2.30. The molecule has 2 atom stereocenters. The maximum absolute atomic E-state index is 5.75. The highest BCUT2D eigenvalue weighted by molar-refractivity contribution is 5.39. The molecule has 1 fully saturated rings. The summed E-state index contributed by atoms with van der Waals surface area (Å²) < 4.78 is 0. The predicted molar refractivity (Wildman–Crippen MR) is 48.0 cm³/mol. The molecule has 0 aromatic rings. The quantitative estimate of drug-likeness (QED) is 0.500. The third-order valence-electron chi connectivity index (χ3n) is 2.13. The summed E-state index contributed by atoms with van der Waals surface area (Å²) in [6, 6.07) is -0.286. The summed E-state index contributed by atoms with van der Waals surface area (Å²) in [4.78, 5) is 0. The lowest BCUT2D eigenvalue weighted by Crippen LogP contribution is -2.40. The van der Waals surface area contributed by atoms with Crippen molar-refractivity contribution in [3.63, 3.8) is 0 Å². The first-order chi connectivity index (χ1) is 5.04. The van der Waals surface area contributed by atoms with Crippen molar-refractivity contribution in [2.45, 2.75) is 18.5 Å². The fourth-order valence-electron chi connectivity index (χ4n) is 1.23. The molecule has 1 saturated carbocycles. The lowest BCUT2D eigenvalue weighted by atomic mass is 9.81. The van der Waals surface area contributed by atoms with E-state index >= 15 is 0 Å². The first-order valence-electron chi connectivity index (χ1n) is 3.59. The number of hydrogen-bond donors (Lipinski definition) is 2. The molecule has 4 N–H and O–H groups in total. The molecule has 0 aromatic carbocycles. The Kier molecular flexibility index (Phi) is 1.98. The Morgan fingerprint density at radius 2 is 1.36 bits per heavy atom. The van der Waals surface area contributed by atoms with E-state index in [2.05, 4.69) is 19.7 Å². The fraction of sp³-hybridized carbons (Fsp3) is 0.333. The molecule has 0 saturated heterocycles. The van der Waals surface area contributed by atoms with E-state index in [-0.39, 0.29) is 12.1 Å². The second-order valence-electron chi connectivity index (χ2n) is 3.02. The highest BCUT2D eigenvalue weighted by atomic mass is 14.7. The summed E-state index contributed by atoms with van der Waals surface area (Å²) in [5, 5.41) is 0. The van der Waals surface area contributed by atoms with Crippen LogP contribution in [-0.4, -0.2) is 12.1 Å². The third-order valence-corrected chi connectivity index (χ3v) is 2.13. The molecular weight excluding hydrogens is 136 g/mol. The largest absolute Gasteiger partial charge is 0.321 e. The lowest BCUT2D eigenvalue weighted by molar-refractivity contribution is 0.692. The summed E-state index contributed by atoms with van der Waals surface area (Å²) in [6.45, 7) is 11.5. The van der Waals surface area contributed by atoms with Gasteiger partial charge in [-0.25, -0.2) is 0 Å². The van der Waals surface area contributed by atoms with Crippen LogP contribution in [0.4, 0.5) is 0 Å². The number of nitrogens with two attached hydrogens (primary N) is 2. The highest BCUT2D eigenvalue weighted by Gasteiger charge is 2.25. The second-order valence-corrected chi connectivity index (χ2v) is 3.02. The van der Waals surface area contributed by atoms with Gasteiger partial charge < -0.3 is 11.5 Å². The third kappa shape index (κ3) is 1.27. The van der Waals surface area contributed by atoms with Gasteiger partial charge in [0.05, 0.1) is 0 Å². The predicted octanol–water partition coefficient (Wildman–Crippen LogP) is 0.713. The van der Waals surface area contributed by atoms with E-state index in [0.29, 0.717) is 0 Å². The van der Waals surface area contributed by atoms with E-state index in [0.717, 1.165) is 23.1 Å². The van der Waals surface area contributed by atoms with Crippen LogP contribution in [0.15, 0.2) is 36.5 Å². The van der Waals surface area contributed by atoms with E-state index in [9.17, 15) is 0 Å². The molecule has 0 amide bonds. The van der Waals surface area contributed by atoms with Crippen molar-refractivity contribution in [1.29, 1.82) is 0 Å². The summed E-state index contributed by atoms with van der Waals surface area (Å²) in [5.74, 6) is 0. The van der Waals surface area contributed by atoms with Crippen LogP contribution in [-0.2, 0) is 0 Å². The molecule has 11 heavy (non-hydrogen) atoms. The van der Waals surface area contributed by atoms with E-state index in [1.807, 2.05) is 0 Å². The number of rotatable bonds is 0. The van der Waals surface area contributed by atoms with Crippen LogP contribution < -0.4 is 11.5 Å². The summed E-state index contributed by atoms with van der Waals surface area (Å²) >= 11 is 0. The molecule has 2 heteroatoms. The number of hydrogen-bond acceptors (Lipinski definition) is 2. The minimum Gasteiger partial charge on any atom is -0.321 e. The van der Waals surface area contributed by atoms with Gasteiger partial charge in [0.2, 0.25) is 0 Å². The first kappa shape index (κ1) is 8.24. The van der Waals surface area contributed by atoms with Gasteiger partial charge in [0.15, 0.2) is 0 Å². The van der Waals surface area contributed by atoms with Crippen LogP contribution in [0.3, 0.4) is 0 Å². The van der Waals surface area contributed by atoms with E-state index in [1.165, 1.54) is 0 Å². The van der Waals surface area contributed by atoms with Gasteiger partial charge in [0.1, 0.15) is 0 Å². The van der Waals surface area contributed by atoms with Gasteiger partial charge in [-0.05, 0) is 12.0 Å².